The number of rotatable bonds is 5. The van der Waals surface area contributed by atoms with Crippen LogP contribution in [-0.4, -0.2) is 52.8 Å². The van der Waals surface area contributed by atoms with E-state index in [2.05, 4.69) is 15.4 Å². The molecule has 6 nitrogen and oxygen atoms in total. The molecule has 130 valence electrons. The van der Waals surface area contributed by atoms with Crippen LogP contribution in [0.1, 0.15) is 21.6 Å². The van der Waals surface area contributed by atoms with E-state index in [9.17, 15) is 18.0 Å². The lowest BCUT2D eigenvalue weighted by atomic mass is 10.2. The van der Waals surface area contributed by atoms with Gasteiger partial charge < -0.3 is 10.2 Å². The van der Waals surface area contributed by atoms with E-state index in [0.29, 0.717) is 24.3 Å². The van der Waals surface area contributed by atoms with Crippen molar-refractivity contribution in [3.63, 3.8) is 0 Å². The molecule has 1 N–H and O–H groups in total. The van der Waals surface area contributed by atoms with Crippen molar-refractivity contribution < 1.29 is 18.0 Å². The summed E-state index contributed by atoms with van der Waals surface area (Å²) in [6.07, 6.45) is -2.32. The van der Waals surface area contributed by atoms with E-state index in [1.54, 1.807) is 6.92 Å². The first kappa shape index (κ1) is 17.9. The molecule has 1 amide bonds. The van der Waals surface area contributed by atoms with E-state index in [0.717, 1.165) is 12.3 Å². The number of amides is 1. The maximum absolute atomic E-state index is 12.6. The highest BCUT2D eigenvalue weighted by Gasteiger charge is 2.30. The predicted octanol–water partition coefficient (Wildman–Crippen LogP) is 1.89. The van der Waals surface area contributed by atoms with Gasteiger partial charge in [-0.25, -0.2) is 9.67 Å². The summed E-state index contributed by atoms with van der Waals surface area (Å²) >= 11 is 0. The third-order valence-electron chi connectivity index (χ3n) is 3.39. The highest BCUT2D eigenvalue weighted by atomic mass is 19.4. The van der Waals surface area contributed by atoms with E-state index in [1.807, 2.05) is 19.0 Å². The van der Waals surface area contributed by atoms with Crippen LogP contribution in [0.25, 0.3) is 5.82 Å². The number of pyridine rings is 1. The molecule has 2 heterocycles. The van der Waals surface area contributed by atoms with E-state index >= 15 is 0 Å². The van der Waals surface area contributed by atoms with Crippen LogP contribution in [0.4, 0.5) is 13.2 Å². The van der Waals surface area contributed by atoms with Crippen LogP contribution in [0.2, 0.25) is 0 Å². The first-order chi connectivity index (χ1) is 11.2. The molecule has 0 aliphatic heterocycles. The van der Waals surface area contributed by atoms with Crippen LogP contribution in [0.15, 0.2) is 24.5 Å². The maximum Gasteiger partial charge on any atom is 0.417 e. The average molecular weight is 341 g/mol. The minimum absolute atomic E-state index is 0.216. The van der Waals surface area contributed by atoms with E-state index in [4.69, 9.17) is 0 Å². The number of likely N-dealkylation sites (N-methyl/N-ethyl adjacent to an activating group) is 1. The monoisotopic (exact) mass is 341 g/mol. The Morgan fingerprint density at radius 3 is 2.54 bits per heavy atom. The first-order valence-electron chi connectivity index (χ1n) is 7.21. The van der Waals surface area contributed by atoms with Crippen molar-refractivity contribution >= 4 is 5.91 Å². The zero-order valence-corrected chi connectivity index (χ0v) is 13.6. The summed E-state index contributed by atoms with van der Waals surface area (Å²) in [6.45, 7) is 2.83. The number of alkyl halides is 3. The molecule has 2 aromatic heterocycles. The van der Waals surface area contributed by atoms with Gasteiger partial charge in [0.15, 0.2) is 5.82 Å². The van der Waals surface area contributed by atoms with Crippen molar-refractivity contribution in [2.75, 3.05) is 27.2 Å². The van der Waals surface area contributed by atoms with E-state index in [1.165, 1.54) is 16.9 Å². The van der Waals surface area contributed by atoms with Gasteiger partial charge in [0.2, 0.25) is 0 Å². The number of aromatic nitrogens is 3. The molecule has 0 atom stereocenters. The molecule has 24 heavy (non-hydrogen) atoms. The van der Waals surface area contributed by atoms with Crippen LogP contribution >= 0.6 is 0 Å². The fraction of sp³-hybridized carbons (Fsp3) is 0.400. The Morgan fingerprint density at radius 1 is 1.29 bits per heavy atom. The lowest BCUT2D eigenvalue weighted by Crippen LogP contribution is -2.31. The first-order valence-corrected chi connectivity index (χ1v) is 7.21. The summed E-state index contributed by atoms with van der Waals surface area (Å²) in [5, 5.41) is 6.81. The predicted molar refractivity (Wildman–Crippen MR) is 82.0 cm³/mol. The molecule has 0 saturated carbocycles. The lowest BCUT2D eigenvalue weighted by Gasteiger charge is -2.10. The van der Waals surface area contributed by atoms with Crippen LogP contribution in [0.3, 0.4) is 0 Å². The summed E-state index contributed by atoms with van der Waals surface area (Å²) in [6, 6.07) is 2.15. The Bertz CT molecular complexity index is 707. The molecule has 0 aliphatic rings. The van der Waals surface area contributed by atoms with Gasteiger partial charge in [-0.15, -0.1) is 0 Å². The molecule has 0 fully saturated rings. The smallest absolute Gasteiger partial charge is 0.351 e. The lowest BCUT2D eigenvalue weighted by molar-refractivity contribution is -0.137. The Hall–Kier alpha value is -2.42. The molecule has 0 aromatic carbocycles. The highest BCUT2D eigenvalue weighted by molar-refractivity contribution is 5.95. The largest absolute Gasteiger partial charge is 0.417 e. The van der Waals surface area contributed by atoms with Gasteiger partial charge in [-0.05, 0) is 33.2 Å². The minimum Gasteiger partial charge on any atom is -0.351 e. The van der Waals surface area contributed by atoms with Crippen molar-refractivity contribution in [2.45, 2.75) is 13.1 Å². The third kappa shape index (κ3) is 4.10. The van der Waals surface area contributed by atoms with Crippen molar-refractivity contribution in [1.82, 2.24) is 25.0 Å². The summed E-state index contributed by atoms with van der Waals surface area (Å²) in [7, 11) is 3.79. The van der Waals surface area contributed by atoms with Crippen LogP contribution in [0.5, 0.6) is 0 Å². The molecule has 0 radical (unpaired) electrons. The SMILES string of the molecule is Cc1c(C(=O)NCCN(C)C)cnn1-c1ccc(C(F)(F)F)cn1. The van der Waals surface area contributed by atoms with Gasteiger partial charge >= 0.3 is 6.18 Å². The van der Waals surface area contributed by atoms with Gasteiger partial charge in [-0.3, -0.25) is 4.79 Å². The standard InChI is InChI=1S/C15H18F3N5O/c1-10-12(14(24)19-6-7-22(2)3)9-21-23(10)13-5-4-11(8-20-13)15(16,17)18/h4-5,8-9H,6-7H2,1-3H3,(H,19,24). The van der Waals surface area contributed by atoms with Gasteiger partial charge in [0, 0.05) is 19.3 Å². The molecular weight excluding hydrogens is 323 g/mol. The molecular formula is C15H18F3N5O. The van der Waals surface area contributed by atoms with Gasteiger partial charge in [0.1, 0.15) is 0 Å². The molecule has 2 rings (SSSR count). The van der Waals surface area contributed by atoms with Crippen molar-refractivity contribution in [1.29, 1.82) is 0 Å². The topological polar surface area (TPSA) is 63.1 Å². The van der Waals surface area contributed by atoms with Crippen molar-refractivity contribution in [2.24, 2.45) is 0 Å². The number of carbonyl (C=O) groups is 1. The second-order valence-corrected chi connectivity index (χ2v) is 5.52. The zero-order chi connectivity index (χ0) is 17.9. The summed E-state index contributed by atoms with van der Waals surface area (Å²) in [5.74, 6) is -0.0691. The quantitative estimate of drug-likeness (QED) is 0.902. The molecule has 0 bridgehead atoms. The Balaban J connectivity index is 2.16. The fourth-order valence-corrected chi connectivity index (χ4v) is 2.03. The minimum atomic E-state index is -4.44. The van der Waals surface area contributed by atoms with Crippen LogP contribution < -0.4 is 5.32 Å². The zero-order valence-electron chi connectivity index (χ0n) is 13.6. The number of carbonyl (C=O) groups excluding carboxylic acids is 1. The Labute approximate surface area is 137 Å². The van der Waals surface area contributed by atoms with Crippen LogP contribution in [-0.2, 0) is 6.18 Å². The number of hydrogen-bond acceptors (Lipinski definition) is 4. The summed E-state index contributed by atoms with van der Waals surface area (Å²) < 4.78 is 39.0. The summed E-state index contributed by atoms with van der Waals surface area (Å²) in [4.78, 5) is 17.8. The van der Waals surface area contributed by atoms with Crippen molar-refractivity contribution in [3.8, 4) is 5.82 Å². The molecule has 9 heteroatoms. The molecule has 0 saturated heterocycles. The Kier molecular flexibility index (Phi) is 5.23. The molecule has 0 aliphatic carbocycles. The average Bonchev–Trinajstić information content (AvgIpc) is 2.88. The highest BCUT2D eigenvalue weighted by Crippen LogP contribution is 2.28. The number of halogens is 3. The van der Waals surface area contributed by atoms with E-state index < -0.39 is 11.7 Å². The Morgan fingerprint density at radius 2 is 2.00 bits per heavy atom. The van der Waals surface area contributed by atoms with Gasteiger partial charge in [-0.1, -0.05) is 0 Å². The summed E-state index contributed by atoms with van der Waals surface area (Å²) in [5.41, 5.74) is 0.0257. The number of nitrogens with zero attached hydrogens (tertiary/aromatic N) is 4. The van der Waals surface area contributed by atoms with E-state index in [-0.39, 0.29) is 11.7 Å². The second kappa shape index (κ2) is 7.00. The number of nitrogens with one attached hydrogen (secondary N) is 1. The van der Waals surface area contributed by atoms with Crippen molar-refractivity contribution in [3.05, 3.63) is 41.3 Å². The third-order valence-corrected chi connectivity index (χ3v) is 3.39. The normalized spacial score (nSPS) is 11.8. The van der Waals surface area contributed by atoms with Gasteiger partial charge in [0.25, 0.3) is 5.91 Å². The fourth-order valence-electron chi connectivity index (χ4n) is 2.03. The maximum atomic E-state index is 12.6. The second-order valence-electron chi connectivity index (χ2n) is 5.52. The molecule has 0 spiro atoms. The molecule has 0 unspecified atom stereocenters. The van der Waals surface area contributed by atoms with Gasteiger partial charge in [-0.2, -0.15) is 18.3 Å². The van der Waals surface area contributed by atoms with Crippen LogP contribution in [0, 0.1) is 6.92 Å². The molecule has 2 aromatic rings. The number of hydrogen-bond donors (Lipinski definition) is 1. The van der Waals surface area contributed by atoms with Gasteiger partial charge in [0.05, 0.1) is 23.0 Å².